The molecule has 0 saturated carbocycles. The Labute approximate surface area is 217 Å². The van der Waals surface area contributed by atoms with Gasteiger partial charge in [-0.05, 0) is 49.2 Å². The predicted molar refractivity (Wildman–Crippen MR) is 142 cm³/mol. The van der Waals surface area contributed by atoms with Gasteiger partial charge in [-0.25, -0.2) is 18.6 Å². The Hall–Kier alpha value is -4.31. The maximum atomic E-state index is 14.6. The highest BCUT2D eigenvalue weighted by atomic mass is 19.1. The predicted octanol–water partition coefficient (Wildman–Crippen LogP) is 4.59. The molecule has 1 aliphatic rings. The normalized spacial score (nSPS) is 14.9. The standard InChI is InChI=1S/C28H27F2N5O3/c1-16(34-9-5-17(6-10-34)26-21(29)12-18(28(37)38)13-22(26)30)24-15-20-23(4-8-32-27(20)33(24)3)35-11-7-19(31-2)14-25(35)36/h4-5,7-8,11-16,31H,6,9-10H2,1-3H3,(H,37,38). The zero-order chi connectivity index (χ0) is 27.1. The number of fused-ring (bicyclic) bond motifs is 1. The third kappa shape index (κ3) is 4.37. The first-order valence-electron chi connectivity index (χ1n) is 12.2. The zero-order valence-electron chi connectivity index (χ0n) is 21.2. The van der Waals surface area contributed by atoms with Crippen molar-refractivity contribution in [2.45, 2.75) is 19.4 Å². The Balaban J connectivity index is 1.45. The lowest BCUT2D eigenvalue weighted by molar-refractivity contribution is 0.0695. The molecular weight excluding hydrogens is 492 g/mol. The first kappa shape index (κ1) is 25.3. The molecule has 3 aromatic heterocycles. The fourth-order valence-electron chi connectivity index (χ4n) is 5.12. The van der Waals surface area contributed by atoms with Crippen LogP contribution in [0.15, 0.2) is 59.7 Å². The van der Waals surface area contributed by atoms with Gasteiger partial charge in [0.1, 0.15) is 17.3 Å². The number of aryl methyl sites for hydroxylation is 1. The van der Waals surface area contributed by atoms with Gasteiger partial charge in [0, 0.05) is 74.0 Å². The van der Waals surface area contributed by atoms with Crippen LogP contribution < -0.4 is 10.9 Å². The lowest BCUT2D eigenvalue weighted by Crippen LogP contribution is -2.32. The molecule has 0 bridgehead atoms. The Morgan fingerprint density at radius 1 is 1.16 bits per heavy atom. The number of hydrogen-bond acceptors (Lipinski definition) is 5. The number of rotatable bonds is 6. The molecule has 1 unspecified atom stereocenters. The molecule has 0 aliphatic carbocycles. The number of halogens is 2. The van der Waals surface area contributed by atoms with Crippen LogP contribution in [-0.4, -0.2) is 50.2 Å². The lowest BCUT2D eigenvalue weighted by Gasteiger charge is -2.32. The van der Waals surface area contributed by atoms with E-state index >= 15 is 0 Å². The van der Waals surface area contributed by atoms with Crippen LogP contribution >= 0.6 is 0 Å². The molecule has 10 heteroatoms. The number of aromatic nitrogens is 3. The molecule has 0 saturated heterocycles. The van der Waals surface area contributed by atoms with Crippen molar-refractivity contribution in [3.63, 3.8) is 0 Å². The van der Waals surface area contributed by atoms with E-state index in [1.807, 2.05) is 29.8 Å². The summed E-state index contributed by atoms with van der Waals surface area (Å²) in [5, 5.41) is 12.9. The number of carboxylic acids is 1. The van der Waals surface area contributed by atoms with E-state index in [9.17, 15) is 18.4 Å². The molecule has 1 atom stereocenters. The average molecular weight is 520 g/mol. The first-order valence-corrected chi connectivity index (χ1v) is 12.2. The number of nitrogens with one attached hydrogen (secondary N) is 1. The highest BCUT2D eigenvalue weighted by molar-refractivity contribution is 5.88. The Morgan fingerprint density at radius 2 is 1.89 bits per heavy atom. The summed E-state index contributed by atoms with van der Waals surface area (Å²) >= 11 is 0. The lowest BCUT2D eigenvalue weighted by atomic mass is 9.96. The van der Waals surface area contributed by atoms with Crippen LogP contribution in [-0.2, 0) is 7.05 Å². The van der Waals surface area contributed by atoms with E-state index in [4.69, 9.17) is 5.11 Å². The Bertz CT molecular complexity index is 1630. The summed E-state index contributed by atoms with van der Waals surface area (Å²) in [7, 11) is 3.69. The third-order valence-corrected chi connectivity index (χ3v) is 7.24. The second-order valence-corrected chi connectivity index (χ2v) is 9.34. The molecule has 1 aliphatic heterocycles. The van der Waals surface area contributed by atoms with Crippen molar-refractivity contribution in [1.29, 1.82) is 0 Å². The number of nitrogens with zero attached hydrogens (tertiary/aromatic N) is 4. The molecule has 8 nitrogen and oxygen atoms in total. The van der Waals surface area contributed by atoms with E-state index in [1.54, 1.807) is 30.1 Å². The SMILES string of the molecule is CNc1ccn(-c2ccnc3c2cc(C(C)N2CC=C(c4c(F)cc(C(=O)O)cc4F)CC2)n3C)c(=O)c1. The quantitative estimate of drug-likeness (QED) is 0.387. The fraction of sp³-hybridized carbons (Fsp3) is 0.250. The van der Waals surface area contributed by atoms with Crippen LogP contribution in [0.25, 0.3) is 22.3 Å². The largest absolute Gasteiger partial charge is 0.478 e. The van der Waals surface area contributed by atoms with Gasteiger partial charge in [-0.2, -0.15) is 0 Å². The maximum Gasteiger partial charge on any atom is 0.335 e. The van der Waals surface area contributed by atoms with E-state index in [1.165, 1.54) is 6.07 Å². The highest BCUT2D eigenvalue weighted by Crippen LogP contribution is 2.33. The van der Waals surface area contributed by atoms with E-state index in [2.05, 4.69) is 22.1 Å². The number of carboxylic acid groups (broad SMARTS) is 1. The summed E-state index contributed by atoms with van der Waals surface area (Å²) in [4.78, 5) is 30.6. The van der Waals surface area contributed by atoms with Crippen molar-refractivity contribution in [1.82, 2.24) is 19.0 Å². The first-order chi connectivity index (χ1) is 18.2. The molecule has 4 aromatic rings. The van der Waals surface area contributed by atoms with Crippen LogP contribution in [0.4, 0.5) is 14.5 Å². The Kier molecular flexibility index (Phi) is 6.58. The van der Waals surface area contributed by atoms with Crippen molar-refractivity contribution >= 4 is 28.3 Å². The van der Waals surface area contributed by atoms with Crippen LogP contribution in [0.1, 0.15) is 41.0 Å². The van der Waals surface area contributed by atoms with Crippen LogP contribution in [0, 0.1) is 11.6 Å². The van der Waals surface area contributed by atoms with Gasteiger partial charge in [0.2, 0.25) is 0 Å². The number of carbonyl (C=O) groups is 1. The summed E-state index contributed by atoms with van der Waals surface area (Å²) in [6.45, 7) is 3.07. The molecule has 5 rings (SSSR count). The van der Waals surface area contributed by atoms with Crippen LogP contribution in [0.2, 0.25) is 0 Å². The number of hydrogen-bond donors (Lipinski definition) is 2. The van der Waals surface area contributed by atoms with Gasteiger partial charge in [-0.1, -0.05) is 6.08 Å². The molecule has 2 N–H and O–H groups in total. The van der Waals surface area contributed by atoms with E-state index < -0.39 is 23.2 Å². The van der Waals surface area contributed by atoms with E-state index in [0.717, 1.165) is 40.2 Å². The number of pyridine rings is 2. The molecule has 0 fully saturated rings. The highest BCUT2D eigenvalue weighted by Gasteiger charge is 2.26. The molecular formula is C28H27F2N5O3. The monoisotopic (exact) mass is 519 g/mol. The van der Waals surface area contributed by atoms with Crippen LogP contribution in [0.5, 0.6) is 0 Å². The minimum absolute atomic E-state index is 0.0488. The van der Waals surface area contributed by atoms with Gasteiger partial charge in [0.25, 0.3) is 5.56 Å². The smallest absolute Gasteiger partial charge is 0.335 e. The molecule has 0 radical (unpaired) electrons. The summed E-state index contributed by atoms with van der Waals surface area (Å²) in [6.07, 6.45) is 5.61. The van der Waals surface area contributed by atoms with Gasteiger partial charge < -0.3 is 15.0 Å². The minimum Gasteiger partial charge on any atom is -0.478 e. The molecule has 4 heterocycles. The minimum atomic E-state index is -1.38. The number of anilines is 1. The van der Waals surface area contributed by atoms with Gasteiger partial charge >= 0.3 is 5.97 Å². The van der Waals surface area contributed by atoms with E-state index in [-0.39, 0.29) is 17.2 Å². The number of benzene rings is 1. The molecule has 0 amide bonds. The molecule has 0 spiro atoms. The second kappa shape index (κ2) is 9.86. The van der Waals surface area contributed by atoms with Crippen molar-refractivity contribution in [3.8, 4) is 5.69 Å². The Morgan fingerprint density at radius 3 is 2.50 bits per heavy atom. The summed E-state index contributed by atoms with van der Waals surface area (Å²) in [6, 6.07) is 8.88. The molecule has 196 valence electrons. The average Bonchev–Trinajstić information content (AvgIpc) is 3.24. The van der Waals surface area contributed by atoms with Crippen molar-refractivity contribution in [2.24, 2.45) is 7.05 Å². The van der Waals surface area contributed by atoms with Gasteiger partial charge in [-0.15, -0.1) is 0 Å². The van der Waals surface area contributed by atoms with E-state index in [0.29, 0.717) is 25.1 Å². The molecule has 1 aromatic carbocycles. The van der Waals surface area contributed by atoms with Crippen molar-refractivity contribution in [2.75, 3.05) is 25.5 Å². The third-order valence-electron chi connectivity index (χ3n) is 7.24. The fourth-order valence-corrected chi connectivity index (χ4v) is 5.12. The zero-order valence-corrected chi connectivity index (χ0v) is 21.2. The molecule has 38 heavy (non-hydrogen) atoms. The maximum absolute atomic E-state index is 14.6. The van der Waals surface area contributed by atoms with Gasteiger partial charge in [0.15, 0.2) is 0 Å². The van der Waals surface area contributed by atoms with Gasteiger partial charge in [0.05, 0.1) is 11.3 Å². The van der Waals surface area contributed by atoms with Gasteiger partial charge in [-0.3, -0.25) is 14.3 Å². The summed E-state index contributed by atoms with van der Waals surface area (Å²) in [5.74, 6) is -3.12. The van der Waals surface area contributed by atoms with Crippen molar-refractivity contribution in [3.05, 3.63) is 93.7 Å². The second-order valence-electron chi connectivity index (χ2n) is 9.34. The summed E-state index contributed by atoms with van der Waals surface area (Å²) in [5.41, 5.74) is 2.96. The topological polar surface area (TPSA) is 92.4 Å². The summed E-state index contributed by atoms with van der Waals surface area (Å²) < 4.78 is 32.8. The van der Waals surface area contributed by atoms with Crippen LogP contribution in [0.3, 0.4) is 0 Å². The van der Waals surface area contributed by atoms with Crippen molar-refractivity contribution < 1.29 is 18.7 Å². The number of aromatic carboxylic acids is 1.